The zero-order chi connectivity index (χ0) is 19.3. The molecule has 0 saturated carbocycles. The molecule has 0 bridgehead atoms. The topological polar surface area (TPSA) is 114 Å². The highest BCUT2D eigenvalue weighted by atomic mass is 16.6. The Hall–Kier alpha value is -2.77. The van der Waals surface area contributed by atoms with Crippen molar-refractivity contribution in [1.82, 2.24) is 9.80 Å². The minimum atomic E-state index is -0.501. The maximum Gasteiger partial charge on any atom is 0.410 e. The lowest BCUT2D eigenvalue weighted by atomic mass is 10.1. The van der Waals surface area contributed by atoms with Crippen LogP contribution in [0.3, 0.4) is 0 Å². The van der Waals surface area contributed by atoms with Crippen LogP contribution in [0.4, 0.5) is 4.79 Å². The van der Waals surface area contributed by atoms with Crippen molar-refractivity contribution in [2.45, 2.75) is 32.9 Å². The molecule has 2 amide bonds. The molecule has 26 heavy (non-hydrogen) atoms. The average Bonchev–Trinajstić information content (AvgIpc) is 2.58. The van der Waals surface area contributed by atoms with Gasteiger partial charge >= 0.3 is 6.09 Å². The second-order valence-corrected chi connectivity index (χ2v) is 7.19. The summed E-state index contributed by atoms with van der Waals surface area (Å²) in [4.78, 5) is 31.1. The minimum absolute atomic E-state index is 0.304. The Morgan fingerprint density at radius 2 is 1.58 bits per heavy atom. The van der Waals surface area contributed by atoms with Crippen molar-refractivity contribution >= 4 is 18.0 Å². The molecule has 2 rings (SSSR count). The molecular weight excluding hydrogens is 334 g/mol. The predicted molar refractivity (Wildman–Crippen MR) is 99.7 cm³/mol. The van der Waals surface area contributed by atoms with E-state index in [9.17, 15) is 9.59 Å². The van der Waals surface area contributed by atoms with Crippen molar-refractivity contribution < 1.29 is 14.3 Å². The normalized spacial score (nSPS) is 15.7. The Labute approximate surface area is 153 Å². The van der Waals surface area contributed by atoms with Crippen LogP contribution in [0.1, 0.15) is 36.7 Å². The summed E-state index contributed by atoms with van der Waals surface area (Å²) in [5.41, 5.74) is 12.2. The zero-order valence-electron chi connectivity index (χ0n) is 15.6. The SMILES string of the molecule is CC(C)(C)OC(=O)N1CCN(C(N)=NCc2ccc(C(N)=O)cc2)CC1. The number of aliphatic imine (C=N–C) groups is 1. The quantitative estimate of drug-likeness (QED) is 0.619. The number of carbonyl (C=O) groups excluding carboxylic acids is 2. The summed E-state index contributed by atoms with van der Waals surface area (Å²) in [6.07, 6.45) is -0.304. The zero-order valence-corrected chi connectivity index (χ0v) is 15.6. The Bertz CT molecular complexity index is 671. The molecule has 1 aromatic rings. The predicted octanol–water partition coefficient (Wildman–Crippen LogP) is 1.15. The number of ether oxygens (including phenoxy) is 1. The third-order valence-electron chi connectivity index (χ3n) is 3.92. The second kappa shape index (κ2) is 8.07. The van der Waals surface area contributed by atoms with Crippen molar-refractivity contribution in [1.29, 1.82) is 0 Å². The molecule has 4 N–H and O–H groups in total. The van der Waals surface area contributed by atoms with Gasteiger partial charge in [-0.2, -0.15) is 0 Å². The number of hydrogen-bond donors (Lipinski definition) is 2. The number of hydrogen-bond acceptors (Lipinski definition) is 4. The van der Waals surface area contributed by atoms with Gasteiger partial charge < -0.3 is 26.0 Å². The molecule has 0 atom stereocenters. The van der Waals surface area contributed by atoms with E-state index in [1.165, 1.54) is 0 Å². The molecule has 1 fully saturated rings. The average molecular weight is 361 g/mol. The smallest absolute Gasteiger partial charge is 0.410 e. The van der Waals surface area contributed by atoms with E-state index in [1.807, 2.05) is 25.7 Å². The molecule has 0 spiro atoms. The molecule has 0 aliphatic carbocycles. The fraction of sp³-hybridized carbons (Fsp3) is 0.500. The monoisotopic (exact) mass is 361 g/mol. The maximum atomic E-state index is 12.1. The summed E-state index contributed by atoms with van der Waals surface area (Å²) >= 11 is 0. The van der Waals surface area contributed by atoms with E-state index in [0.29, 0.717) is 44.2 Å². The minimum Gasteiger partial charge on any atom is -0.444 e. The molecule has 0 unspecified atom stereocenters. The van der Waals surface area contributed by atoms with Crippen LogP contribution in [-0.2, 0) is 11.3 Å². The highest BCUT2D eigenvalue weighted by molar-refractivity contribution is 5.92. The van der Waals surface area contributed by atoms with Gasteiger partial charge in [0.2, 0.25) is 5.91 Å². The third kappa shape index (κ3) is 5.65. The molecular formula is C18H27N5O3. The van der Waals surface area contributed by atoms with Gasteiger partial charge in [0.1, 0.15) is 5.60 Å². The number of benzene rings is 1. The van der Waals surface area contributed by atoms with Gasteiger partial charge in [0.05, 0.1) is 6.54 Å². The molecule has 1 heterocycles. The first-order chi connectivity index (χ1) is 12.2. The van der Waals surface area contributed by atoms with Crippen molar-refractivity contribution in [3.63, 3.8) is 0 Å². The Kier molecular flexibility index (Phi) is 6.07. The first kappa shape index (κ1) is 19.6. The second-order valence-electron chi connectivity index (χ2n) is 7.19. The molecule has 1 aliphatic heterocycles. The summed E-state index contributed by atoms with van der Waals surface area (Å²) in [5, 5.41) is 0. The lowest BCUT2D eigenvalue weighted by molar-refractivity contribution is 0.0186. The van der Waals surface area contributed by atoms with Crippen LogP contribution < -0.4 is 11.5 Å². The van der Waals surface area contributed by atoms with Crippen LogP contribution in [0.25, 0.3) is 0 Å². The van der Waals surface area contributed by atoms with Gasteiger partial charge in [-0.25, -0.2) is 9.79 Å². The van der Waals surface area contributed by atoms with Gasteiger partial charge in [-0.05, 0) is 38.5 Å². The molecule has 1 saturated heterocycles. The number of amides is 2. The number of guanidine groups is 1. The van der Waals surface area contributed by atoms with Gasteiger partial charge in [-0.15, -0.1) is 0 Å². The molecule has 0 radical (unpaired) electrons. The Morgan fingerprint density at radius 1 is 1.04 bits per heavy atom. The fourth-order valence-corrected chi connectivity index (χ4v) is 2.49. The molecule has 1 aromatic carbocycles. The summed E-state index contributed by atoms with van der Waals surface area (Å²) in [6.45, 7) is 8.25. The number of nitrogens with two attached hydrogens (primary N) is 2. The standard InChI is InChI=1S/C18H27N5O3/c1-18(2,3)26-17(25)23-10-8-22(9-11-23)16(20)21-12-13-4-6-14(7-5-13)15(19)24/h4-7H,8-12H2,1-3H3,(H2,19,24)(H2,20,21). The first-order valence-electron chi connectivity index (χ1n) is 8.57. The van der Waals surface area contributed by atoms with Gasteiger partial charge in [-0.3, -0.25) is 4.79 Å². The van der Waals surface area contributed by atoms with Crippen LogP contribution in [0, 0.1) is 0 Å². The lowest BCUT2D eigenvalue weighted by Crippen LogP contribution is -2.53. The van der Waals surface area contributed by atoms with E-state index in [0.717, 1.165) is 5.56 Å². The van der Waals surface area contributed by atoms with E-state index >= 15 is 0 Å². The lowest BCUT2D eigenvalue weighted by Gasteiger charge is -2.36. The van der Waals surface area contributed by atoms with Crippen molar-refractivity contribution in [2.24, 2.45) is 16.5 Å². The molecule has 8 nitrogen and oxygen atoms in total. The highest BCUT2D eigenvalue weighted by Crippen LogP contribution is 2.12. The summed E-state index contributed by atoms with van der Waals surface area (Å²) in [5.74, 6) is -0.0183. The summed E-state index contributed by atoms with van der Waals surface area (Å²) < 4.78 is 5.38. The van der Waals surface area contributed by atoms with Crippen molar-refractivity contribution in [3.05, 3.63) is 35.4 Å². The van der Waals surface area contributed by atoms with Crippen LogP contribution in [0.5, 0.6) is 0 Å². The van der Waals surface area contributed by atoms with Crippen LogP contribution in [0.15, 0.2) is 29.3 Å². The summed E-state index contributed by atoms with van der Waals surface area (Å²) in [7, 11) is 0. The summed E-state index contributed by atoms with van der Waals surface area (Å²) in [6, 6.07) is 6.95. The van der Waals surface area contributed by atoms with Crippen LogP contribution in [0.2, 0.25) is 0 Å². The van der Waals surface area contributed by atoms with Gasteiger partial charge in [0.25, 0.3) is 0 Å². The van der Waals surface area contributed by atoms with Crippen LogP contribution in [-0.4, -0.2) is 59.5 Å². The third-order valence-corrected chi connectivity index (χ3v) is 3.92. The van der Waals surface area contributed by atoms with Crippen LogP contribution >= 0.6 is 0 Å². The van der Waals surface area contributed by atoms with E-state index < -0.39 is 11.5 Å². The first-order valence-corrected chi connectivity index (χ1v) is 8.57. The van der Waals surface area contributed by atoms with Gasteiger partial charge in [0, 0.05) is 31.7 Å². The van der Waals surface area contributed by atoms with E-state index in [2.05, 4.69) is 4.99 Å². The molecule has 0 aromatic heterocycles. The Balaban J connectivity index is 1.85. The van der Waals surface area contributed by atoms with E-state index in [4.69, 9.17) is 16.2 Å². The van der Waals surface area contributed by atoms with Crippen molar-refractivity contribution in [2.75, 3.05) is 26.2 Å². The van der Waals surface area contributed by atoms with Gasteiger partial charge in [-0.1, -0.05) is 12.1 Å². The van der Waals surface area contributed by atoms with Crippen molar-refractivity contribution in [3.8, 4) is 0 Å². The maximum absolute atomic E-state index is 12.1. The highest BCUT2D eigenvalue weighted by Gasteiger charge is 2.26. The van der Waals surface area contributed by atoms with E-state index in [-0.39, 0.29) is 6.09 Å². The number of piperazine rings is 1. The van der Waals surface area contributed by atoms with E-state index in [1.54, 1.807) is 29.2 Å². The number of carbonyl (C=O) groups is 2. The Morgan fingerprint density at radius 3 is 2.08 bits per heavy atom. The number of nitrogens with zero attached hydrogens (tertiary/aromatic N) is 3. The number of rotatable bonds is 3. The van der Waals surface area contributed by atoms with Gasteiger partial charge in [0.15, 0.2) is 5.96 Å². The molecule has 8 heteroatoms. The largest absolute Gasteiger partial charge is 0.444 e. The molecule has 142 valence electrons. The fourth-order valence-electron chi connectivity index (χ4n) is 2.49. The number of primary amides is 1. The molecule has 1 aliphatic rings.